The maximum absolute atomic E-state index is 11.9. The van der Waals surface area contributed by atoms with Crippen LogP contribution in [0.2, 0.25) is 0 Å². The monoisotopic (exact) mass is 266 g/mol. The molecule has 0 spiro atoms. The average Bonchev–Trinajstić information content (AvgIpc) is 2.67. The Morgan fingerprint density at radius 3 is 2.78 bits per heavy atom. The molecule has 0 aromatic carbocycles. The van der Waals surface area contributed by atoms with Crippen LogP contribution >= 0.6 is 11.3 Å². The van der Waals surface area contributed by atoms with Gasteiger partial charge >= 0.3 is 0 Å². The van der Waals surface area contributed by atoms with Crippen LogP contribution in [0, 0.1) is 0 Å². The van der Waals surface area contributed by atoms with Crippen LogP contribution in [0.15, 0.2) is 30.2 Å². The zero-order valence-corrected chi connectivity index (χ0v) is 12.2. The molecule has 0 unspecified atom stereocenters. The molecule has 0 saturated carbocycles. The zero-order valence-electron chi connectivity index (χ0n) is 11.4. The summed E-state index contributed by atoms with van der Waals surface area (Å²) in [6.45, 7) is 11.6. The predicted molar refractivity (Wildman–Crippen MR) is 77.7 cm³/mol. The van der Waals surface area contributed by atoms with Gasteiger partial charge in [0.05, 0.1) is 6.54 Å². The van der Waals surface area contributed by atoms with Crippen molar-refractivity contribution in [1.82, 2.24) is 10.2 Å². The van der Waals surface area contributed by atoms with Gasteiger partial charge in [-0.2, -0.15) is 0 Å². The van der Waals surface area contributed by atoms with E-state index in [-0.39, 0.29) is 11.4 Å². The summed E-state index contributed by atoms with van der Waals surface area (Å²) < 4.78 is 0. The fourth-order valence-electron chi connectivity index (χ4n) is 1.65. The molecule has 3 nitrogen and oxygen atoms in total. The van der Waals surface area contributed by atoms with Crippen LogP contribution in [0.3, 0.4) is 0 Å². The number of nitrogens with zero attached hydrogens (tertiary/aromatic N) is 1. The van der Waals surface area contributed by atoms with E-state index in [9.17, 15) is 4.79 Å². The first-order chi connectivity index (χ1) is 8.40. The highest BCUT2D eigenvalue weighted by Gasteiger charge is 2.16. The fourth-order valence-corrected chi connectivity index (χ4v) is 2.40. The van der Waals surface area contributed by atoms with E-state index in [0.717, 1.165) is 13.1 Å². The lowest BCUT2D eigenvalue weighted by Crippen LogP contribution is -2.45. The number of thiophene rings is 1. The Morgan fingerprint density at radius 1 is 1.56 bits per heavy atom. The van der Waals surface area contributed by atoms with Gasteiger partial charge in [-0.1, -0.05) is 12.1 Å². The first-order valence-corrected chi connectivity index (χ1v) is 6.95. The Morgan fingerprint density at radius 2 is 2.28 bits per heavy atom. The minimum absolute atomic E-state index is 0.0564. The Balaban J connectivity index is 2.52. The molecule has 4 heteroatoms. The Bertz CT molecular complexity index is 379. The standard InChI is InChI=1S/C14H22N2OS/c1-5-8-16(10-12-7-6-9-18-12)11-13(17)15-14(2,3)4/h5-7,9H,1,8,10-11H2,2-4H3,(H,15,17). The summed E-state index contributed by atoms with van der Waals surface area (Å²) in [6.07, 6.45) is 1.83. The molecule has 1 rings (SSSR count). The lowest BCUT2D eigenvalue weighted by molar-refractivity contribution is -0.123. The van der Waals surface area contributed by atoms with Gasteiger partial charge in [0.2, 0.25) is 5.91 Å². The Kier molecular flexibility index (Phi) is 5.56. The van der Waals surface area contributed by atoms with Crippen LogP contribution in [-0.2, 0) is 11.3 Å². The van der Waals surface area contributed by atoms with Crippen molar-refractivity contribution in [3.05, 3.63) is 35.0 Å². The second-order valence-corrected chi connectivity index (χ2v) is 6.37. The highest BCUT2D eigenvalue weighted by atomic mass is 32.1. The molecule has 100 valence electrons. The number of nitrogens with one attached hydrogen (secondary N) is 1. The van der Waals surface area contributed by atoms with E-state index < -0.39 is 0 Å². The molecule has 1 aromatic rings. The second-order valence-electron chi connectivity index (χ2n) is 5.34. The molecule has 1 amide bonds. The van der Waals surface area contributed by atoms with E-state index in [4.69, 9.17) is 0 Å². The van der Waals surface area contributed by atoms with Gasteiger partial charge in [0.25, 0.3) is 0 Å². The quantitative estimate of drug-likeness (QED) is 0.803. The van der Waals surface area contributed by atoms with E-state index in [1.165, 1.54) is 4.88 Å². The number of hydrogen-bond donors (Lipinski definition) is 1. The third-order valence-electron chi connectivity index (χ3n) is 2.23. The molecule has 0 saturated heterocycles. The minimum atomic E-state index is -0.181. The van der Waals surface area contributed by atoms with Gasteiger partial charge in [-0.15, -0.1) is 17.9 Å². The summed E-state index contributed by atoms with van der Waals surface area (Å²) in [5.74, 6) is 0.0564. The van der Waals surface area contributed by atoms with Crippen molar-refractivity contribution in [2.24, 2.45) is 0 Å². The number of rotatable bonds is 6. The van der Waals surface area contributed by atoms with E-state index in [1.807, 2.05) is 32.9 Å². The van der Waals surface area contributed by atoms with Gasteiger partial charge in [0.15, 0.2) is 0 Å². The maximum Gasteiger partial charge on any atom is 0.234 e. The van der Waals surface area contributed by atoms with Gasteiger partial charge in [0.1, 0.15) is 0 Å². The summed E-state index contributed by atoms with van der Waals surface area (Å²) in [7, 11) is 0. The van der Waals surface area contributed by atoms with Gasteiger partial charge in [0, 0.05) is 23.5 Å². The largest absolute Gasteiger partial charge is 0.350 e. The third-order valence-corrected chi connectivity index (χ3v) is 3.09. The smallest absolute Gasteiger partial charge is 0.234 e. The maximum atomic E-state index is 11.9. The highest BCUT2D eigenvalue weighted by molar-refractivity contribution is 7.09. The van der Waals surface area contributed by atoms with Crippen molar-refractivity contribution in [1.29, 1.82) is 0 Å². The predicted octanol–water partition coefficient (Wildman–Crippen LogP) is 2.65. The molecule has 0 atom stereocenters. The first-order valence-electron chi connectivity index (χ1n) is 6.07. The molecule has 1 heterocycles. The SMILES string of the molecule is C=CCN(CC(=O)NC(C)(C)C)Cc1cccs1. The molecule has 18 heavy (non-hydrogen) atoms. The van der Waals surface area contributed by atoms with Gasteiger partial charge in [-0.3, -0.25) is 9.69 Å². The molecule has 0 fully saturated rings. The van der Waals surface area contributed by atoms with Crippen LogP contribution in [0.4, 0.5) is 0 Å². The highest BCUT2D eigenvalue weighted by Crippen LogP contribution is 2.11. The van der Waals surface area contributed by atoms with Gasteiger partial charge < -0.3 is 5.32 Å². The van der Waals surface area contributed by atoms with Crippen molar-refractivity contribution in [3.63, 3.8) is 0 Å². The molecule has 1 N–H and O–H groups in total. The van der Waals surface area contributed by atoms with E-state index in [2.05, 4.69) is 28.2 Å². The van der Waals surface area contributed by atoms with Crippen molar-refractivity contribution in [3.8, 4) is 0 Å². The molecule has 0 bridgehead atoms. The van der Waals surface area contributed by atoms with Crippen molar-refractivity contribution >= 4 is 17.2 Å². The van der Waals surface area contributed by atoms with Crippen LogP contribution in [0.5, 0.6) is 0 Å². The second kappa shape index (κ2) is 6.71. The molecular weight excluding hydrogens is 244 g/mol. The van der Waals surface area contributed by atoms with Crippen LogP contribution < -0.4 is 5.32 Å². The van der Waals surface area contributed by atoms with Crippen LogP contribution in [0.25, 0.3) is 0 Å². The van der Waals surface area contributed by atoms with Gasteiger partial charge in [-0.05, 0) is 32.2 Å². The first kappa shape index (κ1) is 14.9. The lowest BCUT2D eigenvalue weighted by atomic mass is 10.1. The van der Waals surface area contributed by atoms with Crippen molar-refractivity contribution in [2.75, 3.05) is 13.1 Å². The summed E-state index contributed by atoms with van der Waals surface area (Å²) in [5, 5.41) is 5.03. The van der Waals surface area contributed by atoms with E-state index >= 15 is 0 Å². The lowest BCUT2D eigenvalue weighted by Gasteiger charge is -2.24. The fraction of sp³-hybridized carbons (Fsp3) is 0.500. The van der Waals surface area contributed by atoms with Crippen molar-refractivity contribution in [2.45, 2.75) is 32.9 Å². The Hall–Kier alpha value is -1.13. The van der Waals surface area contributed by atoms with E-state index in [1.54, 1.807) is 11.3 Å². The van der Waals surface area contributed by atoms with E-state index in [0.29, 0.717) is 6.54 Å². The number of hydrogen-bond acceptors (Lipinski definition) is 3. The molecule has 0 radical (unpaired) electrons. The normalized spacial score (nSPS) is 11.6. The molecule has 0 aliphatic heterocycles. The molecular formula is C14H22N2OS. The van der Waals surface area contributed by atoms with Gasteiger partial charge in [-0.25, -0.2) is 0 Å². The summed E-state index contributed by atoms with van der Waals surface area (Å²) >= 11 is 1.71. The number of amides is 1. The third kappa shape index (κ3) is 5.98. The topological polar surface area (TPSA) is 32.3 Å². The Labute approximate surface area is 114 Å². The van der Waals surface area contributed by atoms with Crippen molar-refractivity contribution < 1.29 is 4.79 Å². The average molecular weight is 266 g/mol. The number of carbonyl (C=O) groups excluding carboxylic acids is 1. The molecule has 0 aliphatic rings. The summed E-state index contributed by atoms with van der Waals surface area (Å²) in [5.41, 5.74) is -0.181. The number of carbonyl (C=O) groups is 1. The zero-order chi connectivity index (χ0) is 13.6. The summed E-state index contributed by atoms with van der Waals surface area (Å²) in [4.78, 5) is 15.2. The van der Waals surface area contributed by atoms with Crippen LogP contribution in [0.1, 0.15) is 25.6 Å². The molecule has 1 aromatic heterocycles. The minimum Gasteiger partial charge on any atom is -0.350 e. The molecule has 0 aliphatic carbocycles. The van der Waals surface area contributed by atoms with Crippen LogP contribution in [-0.4, -0.2) is 29.4 Å². The summed E-state index contributed by atoms with van der Waals surface area (Å²) in [6, 6.07) is 4.11.